The zero-order valence-corrected chi connectivity index (χ0v) is 18.1. The Balaban J connectivity index is 1.68. The second-order valence-electron chi connectivity index (χ2n) is 7.97. The third-order valence-corrected chi connectivity index (χ3v) is 5.70. The van der Waals surface area contributed by atoms with Gasteiger partial charge in [-0.25, -0.2) is 0 Å². The first-order valence-corrected chi connectivity index (χ1v) is 11.0. The van der Waals surface area contributed by atoms with Crippen LogP contribution in [-0.4, -0.2) is 7.85 Å². The maximum absolute atomic E-state index is 2.34. The smallest absolute Gasteiger partial charge is 0.139 e. The molecule has 0 spiro atoms. The number of nitrogens with zero attached hydrogens (tertiary/aromatic N) is 1. The Morgan fingerprint density at radius 2 is 1.03 bits per heavy atom. The van der Waals surface area contributed by atoms with Crippen LogP contribution in [-0.2, 0) is 0 Å². The molecule has 2 heteroatoms. The number of para-hydroxylation sites is 2. The second-order valence-corrected chi connectivity index (χ2v) is 7.97. The van der Waals surface area contributed by atoms with Crippen LogP contribution in [0.3, 0.4) is 0 Å². The van der Waals surface area contributed by atoms with Crippen molar-refractivity contribution in [3.8, 4) is 22.3 Å². The average molecular weight is 409 g/mol. The fraction of sp³-hybridized carbons (Fsp3) is 0. The summed E-state index contributed by atoms with van der Waals surface area (Å²) in [4.78, 5) is 2.34. The van der Waals surface area contributed by atoms with Crippen molar-refractivity contribution in [2.24, 2.45) is 0 Å². The molecule has 0 aromatic heterocycles. The molecule has 0 bridgehead atoms. The SMILES string of the molecule is Bc1cccc(N(c2ccccc2)c2ccccc2-c2cccc(-c3ccccc3)c2)c1. The molecule has 152 valence electrons. The number of hydrogen-bond acceptors (Lipinski definition) is 1. The highest BCUT2D eigenvalue weighted by Gasteiger charge is 2.17. The van der Waals surface area contributed by atoms with E-state index in [1.54, 1.807) is 0 Å². The maximum atomic E-state index is 2.34. The summed E-state index contributed by atoms with van der Waals surface area (Å²) < 4.78 is 0. The summed E-state index contributed by atoms with van der Waals surface area (Å²) in [7, 11) is 2.14. The van der Waals surface area contributed by atoms with E-state index in [9.17, 15) is 0 Å². The molecule has 0 unspecified atom stereocenters. The zero-order chi connectivity index (χ0) is 21.8. The van der Waals surface area contributed by atoms with Gasteiger partial charge >= 0.3 is 0 Å². The normalized spacial score (nSPS) is 10.6. The number of benzene rings is 5. The van der Waals surface area contributed by atoms with Crippen LogP contribution >= 0.6 is 0 Å². The van der Waals surface area contributed by atoms with Gasteiger partial charge in [-0.05, 0) is 53.1 Å². The van der Waals surface area contributed by atoms with Crippen LogP contribution < -0.4 is 10.4 Å². The van der Waals surface area contributed by atoms with Gasteiger partial charge in [0, 0.05) is 16.9 Å². The van der Waals surface area contributed by atoms with E-state index in [-0.39, 0.29) is 0 Å². The summed E-state index contributed by atoms with van der Waals surface area (Å²) in [5, 5.41) is 0. The van der Waals surface area contributed by atoms with E-state index < -0.39 is 0 Å². The third kappa shape index (κ3) is 4.08. The molecular weight excluding hydrogens is 385 g/mol. The molecule has 0 heterocycles. The molecule has 5 rings (SSSR count). The molecule has 5 aromatic carbocycles. The third-order valence-electron chi connectivity index (χ3n) is 5.70. The Bertz CT molecular complexity index is 1330. The number of hydrogen-bond donors (Lipinski definition) is 0. The van der Waals surface area contributed by atoms with Gasteiger partial charge in [-0.3, -0.25) is 0 Å². The van der Waals surface area contributed by atoms with Gasteiger partial charge in [-0.1, -0.05) is 103 Å². The van der Waals surface area contributed by atoms with E-state index in [0.29, 0.717) is 0 Å². The molecule has 0 radical (unpaired) electrons. The summed E-state index contributed by atoms with van der Waals surface area (Å²) in [5.41, 5.74) is 9.56. The molecule has 0 aliphatic rings. The zero-order valence-electron chi connectivity index (χ0n) is 18.1. The molecule has 0 N–H and O–H groups in total. The van der Waals surface area contributed by atoms with Gasteiger partial charge in [-0.15, -0.1) is 0 Å². The molecule has 1 nitrogen and oxygen atoms in total. The summed E-state index contributed by atoms with van der Waals surface area (Å²) in [6.07, 6.45) is 0. The van der Waals surface area contributed by atoms with Crippen molar-refractivity contribution >= 4 is 30.4 Å². The van der Waals surface area contributed by atoms with E-state index in [1.807, 2.05) is 0 Å². The quantitative estimate of drug-likeness (QED) is 0.290. The topological polar surface area (TPSA) is 3.24 Å². The first kappa shape index (κ1) is 19.9. The fourth-order valence-electron chi connectivity index (χ4n) is 4.18. The van der Waals surface area contributed by atoms with Crippen LogP contribution in [0.2, 0.25) is 0 Å². The lowest BCUT2D eigenvalue weighted by molar-refractivity contribution is 1.29. The predicted molar refractivity (Wildman–Crippen MR) is 140 cm³/mol. The highest BCUT2D eigenvalue weighted by Crippen LogP contribution is 2.40. The lowest BCUT2D eigenvalue weighted by Crippen LogP contribution is -2.13. The van der Waals surface area contributed by atoms with Gasteiger partial charge in [0.15, 0.2) is 0 Å². The molecule has 0 saturated carbocycles. The molecule has 5 aromatic rings. The Hall–Kier alpha value is -4.04. The van der Waals surface area contributed by atoms with E-state index in [0.717, 1.165) is 17.1 Å². The van der Waals surface area contributed by atoms with Crippen molar-refractivity contribution in [3.63, 3.8) is 0 Å². The molecule has 32 heavy (non-hydrogen) atoms. The van der Waals surface area contributed by atoms with Crippen molar-refractivity contribution < 1.29 is 0 Å². The highest BCUT2D eigenvalue weighted by molar-refractivity contribution is 6.32. The number of anilines is 3. The van der Waals surface area contributed by atoms with Crippen LogP contribution in [0, 0.1) is 0 Å². The van der Waals surface area contributed by atoms with Crippen LogP contribution in [0.5, 0.6) is 0 Å². The highest BCUT2D eigenvalue weighted by atomic mass is 15.1. The Kier molecular flexibility index (Phi) is 5.59. The molecular formula is C30H24BN. The predicted octanol–water partition coefficient (Wildman–Crippen LogP) is 6.75. The first-order valence-electron chi connectivity index (χ1n) is 11.0. The first-order chi connectivity index (χ1) is 15.8. The van der Waals surface area contributed by atoms with Crippen LogP contribution in [0.4, 0.5) is 17.1 Å². The van der Waals surface area contributed by atoms with Gasteiger partial charge < -0.3 is 4.90 Å². The monoisotopic (exact) mass is 409 g/mol. The van der Waals surface area contributed by atoms with Crippen LogP contribution in [0.25, 0.3) is 22.3 Å². The second kappa shape index (κ2) is 8.99. The Morgan fingerprint density at radius 1 is 0.438 bits per heavy atom. The van der Waals surface area contributed by atoms with Crippen molar-refractivity contribution in [3.05, 3.63) is 133 Å². The summed E-state index contributed by atoms with van der Waals surface area (Å²) >= 11 is 0. The van der Waals surface area contributed by atoms with Gasteiger partial charge in [-0.2, -0.15) is 0 Å². The molecule has 0 aliphatic carbocycles. The van der Waals surface area contributed by atoms with Gasteiger partial charge in [0.05, 0.1) is 5.69 Å². The minimum Gasteiger partial charge on any atom is -0.310 e. The fourth-order valence-corrected chi connectivity index (χ4v) is 4.18. The Morgan fingerprint density at radius 3 is 1.81 bits per heavy atom. The summed E-state index contributed by atoms with van der Waals surface area (Å²) in [6.45, 7) is 0. The van der Waals surface area contributed by atoms with Crippen molar-refractivity contribution in [2.45, 2.75) is 0 Å². The lowest BCUT2D eigenvalue weighted by Gasteiger charge is -2.28. The molecule has 0 saturated heterocycles. The summed E-state index contributed by atoms with van der Waals surface area (Å²) in [6, 6.07) is 47.3. The minimum atomic E-state index is 1.14. The van der Waals surface area contributed by atoms with Crippen molar-refractivity contribution in [1.29, 1.82) is 0 Å². The lowest BCUT2D eigenvalue weighted by atomic mass is 9.94. The largest absolute Gasteiger partial charge is 0.310 e. The van der Waals surface area contributed by atoms with E-state index >= 15 is 0 Å². The summed E-state index contributed by atoms with van der Waals surface area (Å²) in [5.74, 6) is 0. The molecule has 0 fully saturated rings. The standard InChI is InChI=1S/C30H24BN/c31-26-15-10-18-28(22-26)32(27-16-5-2-6-17-27)30-20-8-7-19-29(30)25-14-9-13-24(21-25)23-11-3-1-4-12-23/h1-22H,31H2. The van der Waals surface area contributed by atoms with Crippen LogP contribution in [0.1, 0.15) is 0 Å². The van der Waals surface area contributed by atoms with E-state index in [4.69, 9.17) is 0 Å². The molecule has 0 amide bonds. The average Bonchev–Trinajstić information content (AvgIpc) is 2.86. The van der Waals surface area contributed by atoms with Gasteiger partial charge in [0.1, 0.15) is 7.85 Å². The molecule has 0 aliphatic heterocycles. The van der Waals surface area contributed by atoms with E-state index in [1.165, 1.54) is 27.7 Å². The van der Waals surface area contributed by atoms with Crippen molar-refractivity contribution in [1.82, 2.24) is 0 Å². The minimum absolute atomic E-state index is 1.14. The number of rotatable bonds is 5. The van der Waals surface area contributed by atoms with Crippen LogP contribution in [0.15, 0.2) is 133 Å². The molecule has 0 atom stereocenters. The van der Waals surface area contributed by atoms with Gasteiger partial charge in [0.25, 0.3) is 0 Å². The Labute approximate surface area is 191 Å². The maximum Gasteiger partial charge on any atom is 0.139 e. The van der Waals surface area contributed by atoms with Crippen molar-refractivity contribution in [2.75, 3.05) is 4.90 Å². The van der Waals surface area contributed by atoms with E-state index in [2.05, 4.69) is 146 Å². The van der Waals surface area contributed by atoms with Gasteiger partial charge in [0.2, 0.25) is 0 Å².